The van der Waals surface area contributed by atoms with Crippen molar-refractivity contribution in [1.29, 1.82) is 0 Å². The molecule has 0 saturated heterocycles. The molecule has 1 heterocycles. The Kier molecular flexibility index (Phi) is 4.04. The molecule has 0 aliphatic carbocycles. The van der Waals surface area contributed by atoms with Gasteiger partial charge in [0.2, 0.25) is 0 Å². The summed E-state index contributed by atoms with van der Waals surface area (Å²) in [7, 11) is 1.82. The topological polar surface area (TPSA) is 43.8 Å². The molecule has 2 N–H and O–H groups in total. The molecular formula is C14H18F3N3. The van der Waals surface area contributed by atoms with Gasteiger partial charge in [0.05, 0.1) is 16.6 Å². The van der Waals surface area contributed by atoms with Crippen molar-refractivity contribution in [1.82, 2.24) is 9.55 Å². The van der Waals surface area contributed by atoms with Crippen LogP contribution in [0.1, 0.15) is 31.2 Å². The van der Waals surface area contributed by atoms with Gasteiger partial charge in [-0.25, -0.2) is 4.98 Å². The molecule has 0 bridgehead atoms. The molecule has 0 radical (unpaired) electrons. The number of aryl methyl sites for hydroxylation is 2. The number of nitrogens with zero attached hydrogens (tertiary/aromatic N) is 2. The average molecular weight is 285 g/mol. The van der Waals surface area contributed by atoms with Crippen LogP contribution in [-0.2, 0) is 19.6 Å². The van der Waals surface area contributed by atoms with E-state index in [2.05, 4.69) is 4.98 Å². The highest BCUT2D eigenvalue weighted by Gasteiger charge is 2.30. The fraction of sp³-hybridized carbons (Fsp3) is 0.500. The molecule has 0 aliphatic rings. The van der Waals surface area contributed by atoms with E-state index in [1.54, 1.807) is 0 Å². The van der Waals surface area contributed by atoms with Gasteiger partial charge in [0, 0.05) is 19.5 Å². The smallest absolute Gasteiger partial charge is 0.331 e. The molecule has 6 heteroatoms. The second-order valence-corrected chi connectivity index (χ2v) is 5.16. The number of alkyl halides is 3. The maximum Gasteiger partial charge on any atom is 0.416 e. The molecule has 0 spiro atoms. The lowest BCUT2D eigenvalue weighted by atomic mass is 10.1. The van der Waals surface area contributed by atoms with E-state index >= 15 is 0 Å². The summed E-state index contributed by atoms with van der Waals surface area (Å²) in [6, 6.07) is 3.79. The fourth-order valence-electron chi connectivity index (χ4n) is 2.23. The Balaban J connectivity index is 2.28. The summed E-state index contributed by atoms with van der Waals surface area (Å²) in [6.45, 7) is 1.94. The van der Waals surface area contributed by atoms with Crippen molar-refractivity contribution in [2.75, 3.05) is 0 Å². The third kappa shape index (κ3) is 3.12. The zero-order chi connectivity index (χ0) is 14.9. The Labute approximate surface area is 115 Å². The fourth-order valence-corrected chi connectivity index (χ4v) is 2.23. The molecule has 20 heavy (non-hydrogen) atoms. The zero-order valence-electron chi connectivity index (χ0n) is 11.5. The number of hydrogen-bond donors (Lipinski definition) is 1. The largest absolute Gasteiger partial charge is 0.416 e. The van der Waals surface area contributed by atoms with Gasteiger partial charge in [-0.3, -0.25) is 0 Å². The maximum atomic E-state index is 12.7. The van der Waals surface area contributed by atoms with Crippen molar-refractivity contribution >= 4 is 11.0 Å². The van der Waals surface area contributed by atoms with Crippen molar-refractivity contribution in [3.8, 4) is 0 Å². The number of nitrogens with two attached hydrogens (primary N) is 1. The molecule has 1 aromatic carbocycles. The number of imidazole rings is 1. The zero-order valence-corrected chi connectivity index (χ0v) is 11.5. The highest BCUT2D eigenvalue weighted by atomic mass is 19.4. The van der Waals surface area contributed by atoms with Crippen LogP contribution in [-0.4, -0.2) is 15.6 Å². The number of rotatable bonds is 4. The van der Waals surface area contributed by atoms with Crippen molar-refractivity contribution < 1.29 is 13.2 Å². The standard InChI is InChI=1S/C14H18F3N3/c1-9(18)4-3-5-13-19-11-8-10(14(15,16)17)6-7-12(11)20(13)2/h6-9H,3-5,18H2,1-2H3. The number of aromatic nitrogens is 2. The summed E-state index contributed by atoms with van der Waals surface area (Å²) in [5, 5.41) is 0. The first-order chi connectivity index (χ1) is 9.29. The molecule has 1 atom stereocenters. The molecule has 110 valence electrons. The molecule has 1 aromatic heterocycles. The lowest BCUT2D eigenvalue weighted by Gasteiger charge is -2.06. The predicted molar refractivity (Wildman–Crippen MR) is 72.3 cm³/mol. The van der Waals surface area contributed by atoms with Crippen molar-refractivity contribution in [3.05, 3.63) is 29.6 Å². The summed E-state index contributed by atoms with van der Waals surface area (Å²) in [5.74, 6) is 0.792. The first-order valence-corrected chi connectivity index (χ1v) is 6.57. The van der Waals surface area contributed by atoms with Gasteiger partial charge in [-0.15, -0.1) is 0 Å². The van der Waals surface area contributed by atoms with E-state index in [1.807, 2.05) is 18.5 Å². The van der Waals surface area contributed by atoms with Crippen molar-refractivity contribution in [3.63, 3.8) is 0 Å². The molecule has 0 aliphatic heterocycles. The highest BCUT2D eigenvalue weighted by molar-refractivity contribution is 5.77. The van der Waals surface area contributed by atoms with Gasteiger partial charge in [-0.2, -0.15) is 13.2 Å². The average Bonchev–Trinajstić information content (AvgIpc) is 2.65. The van der Waals surface area contributed by atoms with Crippen LogP contribution in [0.4, 0.5) is 13.2 Å². The minimum Gasteiger partial charge on any atom is -0.331 e. The normalized spacial score (nSPS) is 13.9. The van der Waals surface area contributed by atoms with E-state index in [-0.39, 0.29) is 6.04 Å². The minimum atomic E-state index is -4.33. The molecular weight excluding hydrogens is 267 g/mol. The van der Waals surface area contributed by atoms with Gasteiger partial charge in [0.25, 0.3) is 0 Å². The van der Waals surface area contributed by atoms with Crippen LogP contribution in [0.3, 0.4) is 0 Å². The SMILES string of the molecule is CC(N)CCCc1nc2cc(C(F)(F)F)ccc2n1C. The monoisotopic (exact) mass is 285 g/mol. The first kappa shape index (κ1) is 14.8. The Morgan fingerprint density at radius 2 is 2.05 bits per heavy atom. The molecule has 2 rings (SSSR count). The number of hydrogen-bond acceptors (Lipinski definition) is 2. The first-order valence-electron chi connectivity index (χ1n) is 6.57. The summed E-state index contributed by atoms with van der Waals surface area (Å²) in [5.41, 5.74) is 6.13. The van der Waals surface area contributed by atoms with Crippen LogP contribution >= 0.6 is 0 Å². The van der Waals surface area contributed by atoms with Gasteiger partial charge in [0.1, 0.15) is 5.82 Å². The van der Waals surface area contributed by atoms with Gasteiger partial charge in [-0.05, 0) is 38.0 Å². The van der Waals surface area contributed by atoms with E-state index in [0.29, 0.717) is 17.5 Å². The van der Waals surface area contributed by atoms with Gasteiger partial charge in [0.15, 0.2) is 0 Å². The lowest BCUT2D eigenvalue weighted by molar-refractivity contribution is -0.137. The van der Waals surface area contributed by atoms with Crippen molar-refractivity contribution in [2.45, 2.75) is 38.4 Å². The van der Waals surface area contributed by atoms with Gasteiger partial charge in [-0.1, -0.05) is 0 Å². The third-order valence-corrected chi connectivity index (χ3v) is 3.36. The number of halogens is 3. The quantitative estimate of drug-likeness (QED) is 0.937. The Bertz CT molecular complexity index is 599. The minimum absolute atomic E-state index is 0.126. The van der Waals surface area contributed by atoms with Crippen LogP contribution in [0.2, 0.25) is 0 Å². The highest BCUT2D eigenvalue weighted by Crippen LogP contribution is 2.31. The van der Waals surface area contributed by atoms with Crippen LogP contribution in [0.15, 0.2) is 18.2 Å². The van der Waals surface area contributed by atoms with Gasteiger partial charge >= 0.3 is 6.18 Å². The molecule has 0 saturated carbocycles. The van der Waals surface area contributed by atoms with Gasteiger partial charge < -0.3 is 10.3 Å². The molecule has 1 unspecified atom stereocenters. The molecule has 0 amide bonds. The predicted octanol–water partition coefficient (Wildman–Crippen LogP) is 3.26. The van der Waals surface area contributed by atoms with E-state index in [4.69, 9.17) is 5.73 Å². The van der Waals surface area contributed by atoms with E-state index in [9.17, 15) is 13.2 Å². The Morgan fingerprint density at radius 3 is 2.65 bits per heavy atom. The van der Waals surface area contributed by atoms with Crippen LogP contribution in [0.25, 0.3) is 11.0 Å². The van der Waals surface area contributed by atoms with Crippen LogP contribution in [0.5, 0.6) is 0 Å². The molecule has 3 nitrogen and oxygen atoms in total. The summed E-state index contributed by atoms with van der Waals surface area (Å²) in [6.07, 6.45) is -1.87. The van der Waals surface area contributed by atoms with Crippen LogP contribution in [0, 0.1) is 0 Å². The Morgan fingerprint density at radius 1 is 1.35 bits per heavy atom. The second-order valence-electron chi connectivity index (χ2n) is 5.16. The second kappa shape index (κ2) is 5.44. The van der Waals surface area contributed by atoms with Crippen LogP contribution < -0.4 is 5.73 Å². The molecule has 0 fully saturated rings. The maximum absolute atomic E-state index is 12.7. The lowest BCUT2D eigenvalue weighted by Crippen LogP contribution is -2.14. The summed E-state index contributed by atoms with van der Waals surface area (Å²) < 4.78 is 39.8. The Hall–Kier alpha value is -1.56. The number of fused-ring (bicyclic) bond motifs is 1. The van der Waals surface area contributed by atoms with E-state index in [0.717, 1.165) is 30.8 Å². The number of benzene rings is 1. The third-order valence-electron chi connectivity index (χ3n) is 3.36. The van der Waals surface area contributed by atoms with Crippen molar-refractivity contribution in [2.24, 2.45) is 12.8 Å². The summed E-state index contributed by atoms with van der Waals surface area (Å²) >= 11 is 0. The van der Waals surface area contributed by atoms with E-state index < -0.39 is 11.7 Å². The molecule has 2 aromatic rings. The summed E-state index contributed by atoms with van der Waals surface area (Å²) in [4.78, 5) is 4.31. The van der Waals surface area contributed by atoms with E-state index in [1.165, 1.54) is 6.07 Å².